The maximum atomic E-state index is 12.2. The molecule has 0 aliphatic carbocycles. The average molecular weight is 575 g/mol. The summed E-state index contributed by atoms with van der Waals surface area (Å²) >= 11 is 6.98. The molecule has 3 aromatic rings. The quantitative estimate of drug-likeness (QED) is 0.202. The number of nitrogens with one attached hydrogen (secondary N) is 1. The monoisotopic (exact) mass is 573 g/mol. The van der Waals surface area contributed by atoms with Crippen LogP contribution in [0.1, 0.15) is 27.8 Å². The fourth-order valence-electron chi connectivity index (χ4n) is 3.10. The number of benzene rings is 3. The minimum atomic E-state index is -0.440. The lowest BCUT2D eigenvalue weighted by Crippen LogP contribution is -2.20. The molecule has 0 saturated carbocycles. The molecule has 0 atom stereocenters. The molecule has 3 rings (SSSR count). The Morgan fingerprint density at radius 3 is 2.36 bits per heavy atom. The zero-order chi connectivity index (χ0) is 24.0. The summed E-state index contributed by atoms with van der Waals surface area (Å²) in [5, 5.41) is 14.8. The van der Waals surface area contributed by atoms with Crippen molar-refractivity contribution >= 4 is 49.7 Å². The minimum absolute atomic E-state index is 0.0332. The smallest absolute Gasteiger partial charge is 0.269 e. The molecular formula is C24H21Br2N3O4. The Kier molecular flexibility index (Phi) is 8.35. The molecule has 0 spiro atoms. The lowest BCUT2D eigenvalue weighted by molar-refractivity contribution is -0.384. The highest BCUT2D eigenvalue weighted by atomic mass is 79.9. The van der Waals surface area contributed by atoms with Gasteiger partial charge in [-0.05, 0) is 92.2 Å². The van der Waals surface area contributed by atoms with E-state index < -0.39 is 4.92 Å². The van der Waals surface area contributed by atoms with Gasteiger partial charge in [0.05, 0.1) is 26.5 Å². The van der Waals surface area contributed by atoms with Crippen molar-refractivity contribution in [1.82, 2.24) is 5.43 Å². The number of carbonyl (C=O) groups excluding carboxylic acids is 1. The first-order chi connectivity index (χ1) is 15.7. The number of amides is 1. The van der Waals surface area contributed by atoms with Crippen molar-refractivity contribution in [1.29, 1.82) is 0 Å². The number of carbonyl (C=O) groups is 1. The van der Waals surface area contributed by atoms with E-state index in [2.05, 4.69) is 42.4 Å². The molecule has 33 heavy (non-hydrogen) atoms. The van der Waals surface area contributed by atoms with Gasteiger partial charge in [-0.25, -0.2) is 5.43 Å². The van der Waals surface area contributed by atoms with Crippen LogP contribution in [-0.2, 0) is 17.8 Å². The zero-order valence-corrected chi connectivity index (χ0v) is 21.1. The number of nitro benzene ring substituents is 1. The number of non-ortho nitro benzene ring substituents is 1. The highest BCUT2D eigenvalue weighted by molar-refractivity contribution is 9.11. The molecule has 0 fully saturated rings. The van der Waals surface area contributed by atoms with E-state index >= 15 is 0 Å². The Balaban J connectivity index is 1.59. The standard InChI is InChI=1S/C24H21Br2N3O4/c1-15-3-6-19(16(2)9-15)12-23(30)28-27-13-18-10-21(25)24(22(26)11-18)33-14-17-4-7-20(8-5-17)29(31)32/h3-11,13H,12,14H2,1-2H3,(H,28,30)/b27-13-. The molecular weight excluding hydrogens is 554 g/mol. The highest BCUT2D eigenvalue weighted by Gasteiger charge is 2.10. The number of rotatable bonds is 8. The van der Waals surface area contributed by atoms with Gasteiger partial charge in [-0.2, -0.15) is 5.10 Å². The first-order valence-corrected chi connectivity index (χ1v) is 11.5. The maximum Gasteiger partial charge on any atom is 0.269 e. The number of halogens is 2. The lowest BCUT2D eigenvalue weighted by atomic mass is 10.0. The van der Waals surface area contributed by atoms with Gasteiger partial charge in [-0.3, -0.25) is 14.9 Å². The molecule has 9 heteroatoms. The van der Waals surface area contributed by atoms with Crippen LogP contribution in [0, 0.1) is 24.0 Å². The Morgan fingerprint density at radius 1 is 1.09 bits per heavy atom. The van der Waals surface area contributed by atoms with Gasteiger partial charge in [0, 0.05) is 12.1 Å². The van der Waals surface area contributed by atoms with E-state index in [1.54, 1.807) is 18.3 Å². The molecule has 7 nitrogen and oxygen atoms in total. The van der Waals surface area contributed by atoms with Crippen molar-refractivity contribution in [3.63, 3.8) is 0 Å². The molecule has 1 N–H and O–H groups in total. The van der Waals surface area contributed by atoms with Crippen LogP contribution >= 0.6 is 31.9 Å². The summed E-state index contributed by atoms with van der Waals surface area (Å²) in [5.74, 6) is 0.392. The topological polar surface area (TPSA) is 93.8 Å². The van der Waals surface area contributed by atoms with Crippen LogP contribution in [0.2, 0.25) is 0 Å². The van der Waals surface area contributed by atoms with E-state index in [1.807, 2.05) is 44.2 Å². The van der Waals surface area contributed by atoms with E-state index in [-0.39, 0.29) is 24.6 Å². The SMILES string of the molecule is Cc1ccc(CC(=O)N/N=C\c2cc(Br)c(OCc3ccc([N+](=O)[O-])cc3)c(Br)c2)c(C)c1. The molecule has 0 saturated heterocycles. The number of hydrogen-bond donors (Lipinski definition) is 1. The maximum absolute atomic E-state index is 12.2. The first-order valence-electron chi connectivity index (χ1n) is 9.96. The fourth-order valence-corrected chi connectivity index (χ4v) is 4.55. The highest BCUT2D eigenvalue weighted by Crippen LogP contribution is 2.35. The van der Waals surface area contributed by atoms with E-state index in [9.17, 15) is 14.9 Å². The van der Waals surface area contributed by atoms with E-state index in [4.69, 9.17) is 4.74 Å². The van der Waals surface area contributed by atoms with Gasteiger partial charge in [-0.15, -0.1) is 0 Å². The van der Waals surface area contributed by atoms with Gasteiger partial charge in [0.25, 0.3) is 5.69 Å². The average Bonchev–Trinajstić information content (AvgIpc) is 2.75. The van der Waals surface area contributed by atoms with E-state index in [0.717, 1.165) is 27.8 Å². The van der Waals surface area contributed by atoms with Crippen molar-refractivity contribution in [3.05, 3.63) is 101 Å². The van der Waals surface area contributed by atoms with Crippen molar-refractivity contribution in [2.75, 3.05) is 0 Å². The van der Waals surface area contributed by atoms with Crippen LogP contribution < -0.4 is 10.2 Å². The molecule has 0 aliphatic rings. The molecule has 170 valence electrons. The van der Waals surface area contributed by atoms with Crippen LogP contribution in [0.4, 0.5) is 5.69 Å². The predicted octanol–water partition coefficient (Wildman–Crippen LogP) is 6.01. The molecule has 3 aromatic carbocycles. The Morgan fingerprint density at radius 2 is 1.76 bits per heavy atom. The van der Waals surface area contributed by atoms with Crippen LogP contribution in [0.25, 0.3) is 0 Å². The molecule has 0 unspecified atom stereocenters. The summed E-state index contributed by atoms with van der Waals surface area (Å²) in [6.45, 7) is 4.25. The predicted molar refractivity (Wildman–Crippen MR) is 135 cm³/mol. The third-order valence-corrected chi connectivity index (χ3v) is 5.98. The molecule has 0 radical (unpaired) electrons. The third-order valence-electron chi connectivity index (χ3n) is 4.80. The number of ether oxygens (including phenoxy) is 1. The minimum Gasteiger partial charge on any atom is -0.487 e. The van der Waals surface area contributed by atoms with Gasteiger partial charge >= 0.3 is 0 Å². The Bertz CT molecular complexity index is 1190. The number of nitro groups is 1. The van der Waals surface area contributed by atoms with Crippen LogP contribution in [0.3, 0.4) is 0 Å². The van der Waals surface area contributed by atoms with Crippen molar-refractivity contribution in [3.8, 4) is 5.75 Å². The second-order valence-electron chi connectivity index (χ2n) is 7.43. The van der Waals surface area contributed by atoms with Gasteiger partial charge in [0.2, 0.25) is 5.91 Å². The van der Waals surface area contributed by atoms with E-state index in [0.29, 0.717) is 14.7 Å². The van der Waals surface area contributed by atoms with Crippen molar-refractivity contribution < 1.29 is 14.5 Å². The van der Waals surface area contributed by atoms with Gasteiger partial charge in [0.1, 0.15) is 12.4 Å². The fraction of sp³-hybridized carbons (Fsp3) is 0.167. The molecule has 0 heterocycles. The lowest BCUT2D eigenvalue weighted by Gasteiger charge is -2.11. The molecule has 0 bridgehead atoms. The van der Waals surface area contributed by atoms with Crippen LogP contribution in [0.15, 0.2) is 68.6 Å². The normalized spacial score (nSPS) is 10.9. The summed E-state index contributed by atoms with van der Waals surface area (Å²) in [6, 6.07) is 15.8. The Labute approximate surface area is 208 Å². The summed E-state index contributed by atoms with van der Waals surface area (Å²) in [7, 11) is 0. The molecule has 0 aromatic heterocycles. The van der Waals surface area contributed by atoms with E-state index in [1.165, 1.54) is 12.1 Å². The largest absolute Gasteiger partial charge is 0.487 e. The number of aryl methyl sites for hydroxylation is 2. The van der Waals surface area contributed by atoms with Crippen molar-refractivity contribution in [2.24, 2.45) is 5.10 Å². The number of hydrazone groups is 1. The first kappa shape index (κ1) is 24.6. The molecule has 1 amide bonds. The summed E-state index contributed by atoms with van der Waals surface area (Å²) < 4.78 is 7.25. The van der Waals surface area contributed by atoms with Crippen LogP contribution in [-0.4, -0.2) is 17.0 Å². The van der Waals surface area contributed by atoms with Gasteiger partial charge in [0.15, 0.2) is 0 Å². The second kappa shape index (κ2) is 11.2. The van der Waals surface area contributed by atoms with Gasteiger partial charge in [-0.1, -0.05) is 23.8 Å². The third kappa shape index (κ3) is 6.97. The van der Waals surface area contributed by atoms with Crippen molar-refractivity contribution in [2.45, 2.75) is 26.9 Å². The van der Waals surface area contributed by atoms with Gasteiger partial charge < -0.3 is 4.74 Å². The summed E-state index contributed by atoms with van der Waals surface area (Å²) in [6.07, 6.45) is 1.81. The Hall–Kier alpha value is -3.04. The molecule has 0 aliphatic heterocycles. The summed E-state index contributed by atoms with van der Waals surface area (Å²) in [5.41, 5.74) is 7.34. The zero-order valence-electron chi connectivity index (χ0n) is 18.0. The number of hydrogen-bond acceptors (Lipinski definition) is 5. The second-order valence-corrected chi connectivity index (χ2v) is 9.13. The number of nitrogens with zero attached hydrogens (tertiary/aromatic N) is 2. The van der Waals surface area contributed by atoms with Crippen LogP contribution in [0.5, 0.6) is 5.75 Å². The summed E-state index contributed by atoms with van der Waals surface area (Å²) in [4.78, 5) is 22.5.